The SMILES string of the molecule is Cc1cc2c(cnn2C2CCCCO2)c(-c2cc3nc(OC[C@@H]4CCCN4C)nc(N4CCN(C(=O)OC(C)(C)C)CC4)c3c3c2CCCO3)c1Cl. The summed E-state index contributed by atoms with van der Waals surface area (Å²) in [6.45, 7) is 12.8. The first-order valence-corrected chi connectivity index (χ1v) is 19.3. The van der Waals surface area contributed by atoms with Gasteiger partial charge in [-0.3, -0.25) is 0 Å². The molecule has 2 aromatic heterocycles. The van der Waals surface area contributed by atoms with Crippen molar-refractivity contribution in [1.29, 1.82) is 0 Å². The van der Waals surface area contributed by atoms with Gasteiger partial charge < -0.3 is 33.6 Å². The van der Waals surface area contributed by atoms with Crippen molar-refractivity contribution >= 4 is 45.3 Å². The monoisotopic (exact) mass is 731 g/mol. The summed E-state index contributed by atoms with van der Waals surface area (Å²) in [5, 5.41) is 7.40. The van der Waals surface area contributed by atoms with Gasteiger partial charge in [0.1, 0.15) is 23.8 Å². The summed E-state index contributed by atoms with van der Waals surface area (Å²) in [6, 6.07) is 4.92. The van der Waals surface area contributed by atoms with Crippen LogP contribution in [-0.2, 0) is 15.9 Å². The predicted octanol–water partition coefficient (Wildman–Crippen LogP) is 7.16. The van der Waals surface area contributed by atoms with Gasteiger partial charge in [-0.15, -0.1) is 0 Å². The van der Waals surface area contributed by atoms with Crippen LogP contribution in [0.2, 0.25) is 5.02 Å². The van der Waals surface area contributed by atoms with Gasteiger partial charge in [0.2, 0.25) is 0 Å². The lowest BCUT2D eigenvalue weighted by atomic mass is 9.90. The number of rotatable bonds is 6. The van der Waals surface area contributed by atoms with E-state index >= 15 is 0 Å². The molecule has 0 saturated carbocycles. The van der Waals surface area contributed by atoms with Gasteiger partial charge >= 0.3 is 12.1 Å². The van der Waals surface area contributed by atoms with Crippen LogP contribution in [0.25, 0.3) is 32.9 Å². The molecule has 278 valence electrons. The van der Waals surface area contributed by atoms with E-state index in [1.165, 1.54) is 0 Å². The highest BCUT2D eigenvalue weighted by Crippen LogP contribution is 2.48. The highest BCUT2D eigenvalue weighted by molar-refractivity contribution is 6.36. The molecule has 8 rings (SSSR count). The maximum atomic E-state index is 13.0. The fourth-order valence-electron chi connectivity index (χ4n) is 8.10. The Morgan fingerprint density at radius 3 is 2.58 bits per heavy atom. The maximum Gasteiger partial charge on any atom is 0.410 e. The second-order valence-electron chi connectivity index (χ2n) is 15.7. The average molecular weight is 732 g/mol. The molecule has 3 saturated heterocycles. The van der Waals surface area contributed by atoms with Gasteiger partial charge in [-0.05, 0) is 109 Å². The standard InChI is InChI=1S/C39H50ClN7O5/c1-24-20-30-28(22-41-47(30)31-12-6-7-18-49-31)32(34(24)40)27-21-29-33(35-26(27)11-9-19-50-35)36(43-37(42-29)51-23-25-10-8-13-44(25)5)45-14-16-46(17-15-45)38(48)52-39(2,3)4/h20-22,25,31H,6-19,23H2,1-5H3/t25-,31?/m0/s1. The lowest BCUT2D eigenvalue weighted by Crippen LogP contribution is -2.50. The fourth-order valence-corrected chi connectivity index (χ4v) is 8.36. The summed E-state index contributed by atoms with van der Waals surface area (Å²) in [5.74, 6) is 1.55. The van der Waals surface area contributed by atoms with Gasteiger partial charge in [-0.25, -0.2) is 9.48 Å². The quantitative estimate of drug-likeness (QED) is 0.203. The van der Waals surface area contributed by atoms with Crippen LogP contribution in [0.15, 0.2) is 18.3 Å². The lowest BCUT2D eigenvalue weighted by molar-refractivity contribution is -0.0366. The number of halogens is 1. The molecule has 0 radical (unpaired) electrons. The maximum absolute atomic E-state index is 13.0. The Labute approximate surface area is 310 Å². The number of benzene rings is 2. The molecule has 0 spiro atoms. The fraction of sp³-hybridized carbons (Fsp3) is 0.590. The molecule has 1 unspecified atom stereocenters. The topological polar surface area (TPSA) is 107 Å². The van der Waals surface area contributed by atoms with Gasteiger partial charge in [0.25, 0.3) is 0 Å². The molecule has 1 amide bonds. The first-order valence-electron chi connectivity index (χ1n) is 18.9. The first-order chi connectivity index (χ1) is 25.1. The number of piperazine rings is 1. The number of carbonyl (C=O) groups excluding carboxylic acids is 1. The predicted molar refractivity (Wildman–Crippen MR) is 202 cm³/mol. The zero-order valence-electron chi connectivity index (χ0n) is 31.0. The molecule has 0 aliphatic carbocycles. The number of ether oxygens (including phenoxy) is 4. The Morgan fingerprint density at radius 2 is 1.85 bits per heavy atom. The van der Waals surface area contributed by atoms with Crippen molar-refractivity contribution in [3.05, 3.63) is 34.5 Å². The Kier molecular flexibility index (Phi) is 9.59. The average Bonchev–Trinajstić information content (AvgIpc) is 3.75. The van der Waals surface area contributed by atoms with Crippen LogP contribution in [0.1, 0.15) is 76.7 Å². The number of hydrogen-bond acceptors (Lipinski definition) is 10. The zero-order chi connectivity index (χ0) is 36.1. The largest absolute Gasteiger partial charge is 0.492 e. The van der Waals surface area contributed by atoms with Gasteiger partial charge in [0, 0.05) is 55.3 Å². The number of hydrogen-bond donors (Lipinski definition) is 0. The van der Waals surface area contributed by atoms with E-state index in [9.17, 15) is 4.79 Å². The summed E-state index contributed by atoms with van der Waals surface area (Å²) in [5.41, 5.74) is 5.17. The van der Waals surface area contributed by atoms with Crippen molar-refractivity contribution in [2.75, 3.05) is 64.5 Å². The van der Waals surface area contributed by atoms with E-state index in [1.807, 2.05) is 31.6 Å². The number of nitrogens with zero attached hydrogens (tertiary/aromatic N) is 7. The molecule has 12 nitrogen and oxygen atoms in total. The molecule has 4 aliphatic rings. The van der Waals surface area contributed by atoms with Crippen molar-refractivity contribution in [3.8, 4) is 22.9 Å². The van der Waals surface area contributed by atoms with Crippen molar-refractivity contribution in [3.63, 3.8) is 0 Å². The van der Waals surface area contributed by atoms with Crippen LogP contribution >= 0.6 is 11.6 Å². The molecule has 4 aliphatic heterocycles. The number of amides is 1. The van der Waals surface area contributed by atoms with Crippen LogP contribution in [0.4, 0.5) is 10.6 Å². The Hall–Kier alpha value is -3.87. The zero-order valence-corrected chi connectivity index (χ0v) is 31.8. The number of aryl methyl sites for hydroxylation is 1. The molecule has 52 heavy (non-hydrogen) atoms. The molecular weight excluding hydrogens is 682 g/mol. The van der Waals surface area contributed by atoms with Gasteiger partial charge in [-0.2, -0.15) is 15.1 Å². The number of carbonyl (C=O) groups is 1. The van der Waals surface area contributed by atoms with Crippen LogP contribution in [0.5, 0.6) is 11.8 Å². The third kappa shape index (κ3) is 6.73. The third-order valence-corrected chi connectivity index (χ3v) is 11.3. The minimum absolute atomic E-state index is 0.0989. The Balaban J connectivity index is 1.25. The van der Waals surface area contributed by atoms with E-state index < -0.39 is 5.60 Å². The molecule has 6 heterocycles. The molecule has 0 bridgehead atoms. The van der Waals surface area contributed by atoms with Crippen molar-refractivity contribution in [2.24, 2.45) is 0 Å². The Morgan fingerprint density at radius 1 is 1.02 bits per heavy atom. The van der Waals surface area contributed by atoms with Gasteiger partial charge in [-0.1, -0.05) is 11.6 Å². The number of aromatic nitrogens is 4. The van der Waals surface area contributed by atoms with E-state index in [0.717, 1.165) is 114 Å². The van der Waals surface area contributed by atoms with Crippen LogP contribution in [0, 0.1) is 6.92 Å². The molecule has 2 atom stereocenters. The second-order valence-corrected chi connectivity index (χ2v) is 16.1. The van der Waals surface area contributed by atoms with Crippen LogP contribution in [-0.4, -0.2) is 107 Å². The number of likely N-dealkylation sites (tertiary alicyclic amines) is 1. The van der Waals surface area contributed by atoms with E-state index in [-0.39, 0.29) is 12.3 Å². The highest BCUT2D eigenvalue weighted by atomic mass is 35.5. The molecular formula is C39H50ClN7O5. The van der Waals surface area contributed by atoms with Gasteiger partial charge in [0.15, 0.2) is 6.23 Å². The molecule has 4 aromatic rings. The normalized spacial score (nSPS) is 21.4. The first kappa shape index (κ1) is 35.2. The summed E-state index contributed by atoms with van der Waals surface area (Å²) < 4.78 is 26.9. The van der Waals surface area contributed by atoms with Gasteiger partial charge in [0.05, 0.1) is 34.2 Å². The van der Waals surface area contributed by atoms with Crippen molar-refractivity contribution < 1.29 is 23.7 Å². The lowest BCUT2D eigenvalue weighted by Gasteiger charge is -2.37. The Bertz CT molecular complexity index is 1980. The van der Waals surface area contributed by atoms with E-state index in [1.54, 1.807) is 4.90 Å². The summed E-state index contributed by atoms with van der Waals surface area (Å²) in [6.07, 6.45) is 8.58. The molecule has 3 fully saturated rings. The summed E-state index contributed by atoms with van der Waals surface area (Å²) in [7, 11) is 2.14. The van der Waals surface area contributed by atoms with E-state index in [0.29, 0.717) is 56.5 Å². The second kappa shape index (κ2) is 14.2. The van der Waals surface area contributed by atoms with Crippen LogP contribution in [0.3, 0.4) is 0 Å². The minimum atomic E-state index is -0.557. The summed E-state index contributed by atoms with van der Waals surface area (Å²) in [4.78, 5) is 29.5. The van der Waals surface area contributed by atoms with Crippen molar-refractivity contribution in [1.82, 2.24) is 29.5 Å². The summed E-state index contributed by atoms with van der Waals surface area (Å²) >= 11 is 7.27. The number of anilines is 1. The highest BCUT2D eigenvalue weighted by Gasteiger charge is 2.32. The molecule has 2 aromatic carbocycles. The number of likely N-dealkylation sites (N-methyl/N-ethyl adjacent to an activating group) is 1. The minimum Gasteiger partial charge on any atom is -0.492 e. The molecule has 13 heteroatoms. The third-order valence-electron chi connectivity index (χ3n) is 10.8. The van der Waals surface area contributed by atoms with Crippen LogP contribution < -0.4 is 14.4 Å². The van der Waals surface area contributed by atoms with Crippen molar-refractivity contribution in [2.45, 2.75) is 90.5 Å². The van der Waals surface area contributed by atoms with E-state index in [2.05, 4.69) is 35.9 Å². The number of fused-ring (bicyclic) bond motifs is 4. The molecule has 0 N–H and O–H groups in total. The van der Waals surface area contributed by atoms with E-state index in [4.69, 9.17) is 45.6 Å². The smallest absolute Gasteiger partial charge is 0.410 e.